The molecule has 0 saturated carbocycles. The number of hydrogen-bond acceptors (Lipinski definition) is 2. The van der Waals surface area contributed by atoms with E-state index in [4.69, 9.17) is 0 Å². The molecule has 1 aliphatic heterocycles. The molecule has 3 rings (SSSR count). The van der Waals surface area contributed by atoms with Gasteiger partial charge in [0.2, 0.25) is 0 Å². The third-order valence-corrected chi connectivity index (χ3v) is 3.88. The molecule has 0 unspecified atom stereocenters. The molecule has 2 heterocycles. The third kappa shape index (κ3) is 2.33. The second-order valence-electron chi connectivity index (χ2n) is 4.86. The molecule has 18 heavy (non-hydrogen) atoms. The van der Waals surface area contributed by atoms with E-state index in [1.165, 1.54) is 22.3 Å². The lowest BCUT2D eigenvalue weighted by atomic mass is 9.95. The average molecular weight is 303 g/mol. The summed E-state index contributed by atoms with van der Waals surface area (Å²) >= 11 is 3.47. The second-order valence-corrected chi connectivity index (χ2v) is 5.78. The Bertz CT molecular complexity index is 580. The van der Waals surface area contributed by atoms with Gasteiger partial charge in [-0.3, -0.25) is 4.98 Å². The van der Waals surface area contributed by atoms with Gasteiger partial charge in [0.1, 0.15) is 0 Å². The molecule has 2 nitrogen and oxygen atoms in total. The van der Waals surface area contributed by atoms with Crippen molar-refractivity contribution in [3.05, 3.63) is 52.3 Å². The molecule has 0 radical (unpaired) electrons. The molecule has 0 amide bonds. The Morgan fingerprint density at radius 2 is 2.00 bits per heavy atom. The van der Waals surface area contributed by atoms with Crippen LogP contribution < -0.4 is 0 Å². The van der Waals surface area contributed by atoms with Gasteiger partial charge in [-0.1, -0.05) is 18.2 Å². The molecule has 0 bridgehead atoms. The monoisotopic (exact) mass is 302 g/mol. The Labute approximate surface area is 116 Å². The van der Waals surface area contributed by atoms with Crippen molar-refractivity contribution >= 4 is 15.9 Å². The van der Waals surface area contributed by atoms with Crippen molar-refractivity contribution in [2.75, 3.05) is 13.6 Å². The average Bonchev–Trinajstić information content (AvgIpc) is 2.38. The highest BCUT2D eigenvalue weighted by Gasteiger charge is 2.13. The van der Waals surface area contributed by atoms with Crippen LogP contribution in [0.25, 0.3) is 11.1 Å². The van der Waals surface area contributed by atoms with Gasteiger partial charge in [-0.15, -0.1) is 0 Å². The molecule has 0 spiro atoms. The predicted molar refractivity (Wildman–Crippen MR) is 77.4 cm³/mol. The molecule has 1 aliphatic rings. The molecular weight excluding hydrogens is 288 g/mol. The summed E-state index contributed by atoms with van der Waals surface area (Å²) in [5.41, 5.74) is 5.36. The number of rotatable bonds is 1. The third-order valence-electron chi connectivity index (χ3n) is 3.45. The van der Waals surface area contributed by atoms with E-state index in [0.717, 1.165) is 24.0 Å². The maximum absolute atomic E-state index is 4.23. The first kappa shape index (κ1) is 11.9. The normalized spacial score (nSPS) is 15.4. The molecule has 0 N–H and O–H groups in total. The van der Waals surface area contributed by atoms with Gasteiger partial charge in [-0.2, -0.15) is 0 Å². The number of hydrogen-bond donors (Lipinski definition) is 0. The lowest BCUT2D eigenvalue weighted by molar-refractivity contribution is 0.313. The highest BCUT2D eigenvalue weighted by Crippen LogP contribution is 2.26. The summed E-state index contributed by atoms with van der Waals surface area (Å²) in [6, 6.07) is 8.87. The zero-order valence-corrected chi connectivity index (χ0v) is 11.9. The number of pyridine rings is 1. The van der Waals surface area contributed by atoms with E-state index in [0.29, 0.717) is 0 Å². The predicted octanol–water partition coefficient (Wildman–Crippen LogP) is 3.50. The minimum absolute atomic E-state index is 1.03. The second kappa shape index (κ2) is 4.82. The van der Waals surface area contributed by atoms with Crippen LogP contribution >= 0.6 is 15.9 Å². The Morgan fingerprint density at radius 3 is 2.83 bits per heavy atom. The highest BCUT2D eigenvalue weighted by atomic mass is 79.9. The summed E-state index contributed by atoms with van der Waals surface area (Å²) in [5.74, 6) is 0. The zero-order valence-electron chi connectivity index (χ0n) is 10.4. The summed E-state index contributed by atoms with van der Waals surface area (Å²) < 4.78 is 1.03. The first-order valence-corrected chi connectivity index (χ1v) is 6.93. The lowest BCUT2D eigenvalue weighted by Crippen LogP contribution is -2.26. The maximum atomic E-state index is 4.23. The largest absolute Gasteiger partial charge is 0.302 e. The van der Waals surface area contributed by atoms with Gasteiger partial charge < -0.3 is 4.90 Å². The molecule has 92 valence electrons. The summed E-state index contributed by atoms with van der Waals surface area (Å²) in [5, 5.41) is 0. The zero-order chi connectivity index (χ0) is 12.5. The fraction of sp³-hybridized carbons (Fsp3) is 0.267. The number of benzene rings is 1. The Morgan fingerprint density at radius 1 is 1.11 bits per heavy atom. The summed E-state index contributed by atoms with van der Waals surface area (Å²) in [6.45, 7) is 2.21. The molecule has 1 aromatic carbocycles. The van der Waals surface area contributed by atoms with Crippen molar-refractivity contribution in [3.8, 4) is 11.1 Å². The number of halogens is 1. The number of fused-ring (bicyclic) bond motifs is 1. The molecule has 0 atom stereocenters. The van der Waals surface area contributed by atoms with Crippen LogP contribution in [0.1, 0.15) is 11.1 Å². The molecule has 0 fully saturated rings. The van der Waals surface area contributed by atoms with Gasteiger partial charge in [0.15, 0.2) is 0 Å². The van der Waals surface area contributed by atoms with Crippen molar-refractivity contribution in [1.29, 1.82) is 0 Å². The van der Waals surface area contributed by atoms with Crippen LogP contribution in [-0.4, -0.2) is 23.5 Å². The first-order valence-electron chi connectivity index (χ1n) is 6.13. The van der Waals surface area contributed by atoms with Crippen molar-refractivity contribution < 1.29 is 0 Å². The van der Waals surface area contributed by atoms with Crippen LogP contribution in [0.5, 0.6) is 0 Å². The van der Waals surface area contributed by atoms with Crippen LogP contribution in [0.2, 0.25) is 0 Å². The van der Waals surface area contributed by atoms with Crippen LogP contribution in [0.3, 0.4) is 0 Å². The summed E-state index contributed by atoms with van der Waals surface area (Å²) in [7, 11) is 2.18. The van der Waals surface area contributed by atoms with E-state index in [1.54, 1.807) is 0 Å². The quantitative estimate of drug-likeness (QED) is 0.801. The van der Waals surface area contributed by atoms with E-state index < -0.39 is 0 Å². The van der Waals surface area contributed by atoms with E-state index in [-0.39, 0.29) is 0 Å². The highest BCUT2D eigenvalue weighted by molar-refractivity contribution is 9.10. The smallest absolute Gasteiger partial charge is 0.0410 e. The lowest BCUT2D eigenvalue weighted by Gasteiger charge is -2.25. The van der Waals surface area contributed by atoms with Gasteiger partial charge in [-0.05, 0) is 52.2 Å². The van der Waals surface area contributed by atoms with E-state index in [9.17, 15) is 0 Å². The fourth-order valence-electron chi connectivity index (χ4n) is 2.44. The summed E-state index contributed by atoms with van der Waals surface area (Å²) in [6.07, 6.45) is 4.87. The molecule has 3 heteroatoms. The van der Waals surface area contributed by atoms with Crippen LogP contribution in [0.15, 0.2) is 41.1 Å². The van der Waals surface area contributed by atoms with Crippen molar-refractivity contribution in [3.63, 3.8) is 0 Å². The first-order chi connectivity index (χ1) is 8.72. The fourth-order valence-corrected chi connectivity index (χ4v) is 2.81. The van der Waals surface area contributed by atoms with Gasteiger partial charge in [-0.25, -0.2) is 0 Å². The van der Waals surface area contributed by atoms with Gasteiger partial charge in [0.05, 0.1) is 0 Å². The van der Waals surface area contributed by atoms with Crippen LogP contribution in [0.4, 0.5) is 0 Å². The van der Waals surface area contributed by atoms with Crippen molar-refractivity contribution in [2.24, 2.45) is 0 Å². The Hall–Kier alpha value is -1.19. The minimum Gasteiger partial charge on any atom is -0.302 e. The number of nitrogens with zero attached hydrogens (tertiary/aromatic N) is 2. The van der Waals surface area contributed by atoms with E-state index in [2.05, 4.69) is 57.1 Å². The molecule has 0 saturated heterocycles. The Kier molecular flexibility index (Phi) is 3.18. The van der Waals surface area contributed by atoms with Crippen molar-refractivity contribution in [1.82, 2.24) is 9.88 Å². The van der Waals surface area contributed by atoms with Crippen LogP contribution in [-0.2, 0) is 13.0 Å². The SMILES string of the molecule is CN1CCc2cc(-c3cncc(Br)c3)ccc2C1. The summed E-state index contributed by atoms with van der Waals surface area (Å²) in [4.78, 5) is 6.59. The number of aromatic nitrogens is 1. The molecular formula is C15H15BrN2. The number of likely N-dealkylation sites (N-methyl/N-ethyl adjacent to an activating group) is 1. The molecule has 1 aromatic heterocycles. The maximum Gasteiger partial charge on any atom is 0.0410 e. The minimum atomic E-state index is 1.03. The van der Waals surface area contributed by atoms with Gasteiger partial charge in [0, 0.05) is 35.5 Å². The molecule has 2 aromatic rings. The van der Waals surface area contributed by atoms with Crippen LogP contribution in [0, 0.1) is 0 Å². The standard InChI is InChI=1S/C15H15BrN2/c1-18-5-4-12-6-11(2-3-13(12)10-18)14-7-15(16)9-17-8-14/h2-3,6-9H,4-5,10H2,1H3. The van der Waals surface area contributed by atoms with E-state index in [1.807, 2.05) is 12.4 Å². The Balaban J connectivity index is 2.00. The van der Waals surface area contributed by atoms with Crippen molar-refractivity contribution in [2.45, 2.75) is 13.0 Å². The topological polar surface area (TPSA) is 16.1 Å². The van der Waals surface area contributed by atoms with E-state index >= 15 is 0 Å². The molecule has 0 aliphatic carbocycles. The van der Waals surface area contributed by atoms with Gasteiger partial charge in [0.25, 0.3) is 0 Å². The van der Waals surface area contributed by atoms with Gasteiger partial charge >= 0.3 is 0 Å².